The predicted octanol–water partition coefficient (Wildman–Crippen LogP) is 1.74. The molecule has 0 aromatic rings. The maximum absolute atomic E-state index is 6.08. The Morgan fingerprint density at radius 3 is 2.18 bits per heavy atom. The summed E-state index contributed by atoms with van der Waals surface area (Å²) in [6.45, 7) is 12.3. The van der Waals surface area contributed by atoms with E-state index in [0.717, 1.165) is 26.0 Å². The molecular weight excluding hydrogens is 214 g/mol. The Morgan fingerprint density at radius 1 is 1.24 bits per heavy atom. The minimum absolute atomic E-state index is 0.0901. The fraction of sp³-hybridized carbons (Fsp3) is 1.00. The van der Waals surface area contributed by atoms with Crippen molar-refractivity contribution in [3.63, 3.8) is 0 Å². The molecule has 0 bridgehead atoms. The number of hydrogen-bond donors (Lipinski definition) is 2. The van der Waals surface area contributed by atoms with Crippen LogP contribution >= 0.6 is 0 Å². The van der Waals surface area contributed by atoms with Gasteiger partial charge in [0.25, 0.3) is 0 Å². The summed E-state index contributed by atoms with van der Waals surface area (Å²) in [7, 11) is 1.87. The highest BCUT2D eigenvalue weighted by molar-refractivity contribution is 4.85. The fourth-order valence-electron chi connectivity index (χ4n) is 2.12. The standard InChI is InChI=1S/C13H31N3O/c1-11(17-9-7-8-16(6)15)12(2,3)10-13(4,5)14/h11H,7-10,14-15H2,1-6H3. The molecule has 0 aliphatic heterocycles. The summed E-state index contributed by atoms with van der Waals surface area (Å²) in [5.74, 6) is 5.54. The number of rotatable bonds is 8. The van der Waals surface area contributed by atoms with E-state index in [1.54, 1.807) is 5.01 Å². The summed E-state index contributed by atoms with van der Waals surface area (Å²) in [4.78, 5) is 0. The molecule has 0 amide bonds. The third-order valence-corrected chi connectivity index (χ3v) is 3.03. The SMILES string of the molecule is CC(OCCCN(C)N)C(C)(C)CC(C)(C)N. The second-order valence-corrected chi connectivity index (χ2v) is 6.50. The van der Waals surface area contributed by atoms with Crippen LogP contribution in [-0.4, -0.2) is 36.9 Å². The van der Waals surface area contributed by atoms with E-state index in [1.807, 2.05) is 7.05 Å². The van der Waals surface area contributed by atoms with E-state index < -0.39 is 0 Å². The van der Waals surface area contributed by atoms with Gasteiger partial charge in [-0.25, -0.2) is 0 Å². The lowest BCUT2D eigenvalue weighted by Crippen LogP contribution is -2.42. The second kappa shape index (κ2) is 6.69. The van der Waals surface area contributed by atoms with Crippen molar-refractivity contribution in [2.24, 2.45) is 17.0 Å². The molecule has 104 valence electrons. The zero-order valence-corrected chi connectivity index (χ0v) is 12.4. The molecule has 0 fully saturated rings. The average Bonchev–Trinajstić information content (AvgIpc) is 2.07. The Morgan fingerprint density at radius 2 is 1.76 bits per heavy atom. The fourth-order valence-corrected chi connectivity index (χ4v) is 2.12. The van der Waals surface area contributed by atoms with E-state index in [1.165, 1.54) is 0 Å². The summed E-state index contributed by atoms with van der Waals surface area (Å²) < 4.78 is 5.87. The highest BCUT2D eigenvalue weighted by Gasteiger charge is 2.31. The van der Waals surface area contributed by atoms with Crippen LogP contribution in [0.25, 0.3) is 0 Å². The number of hydrogen-bond acceptors (Lipinski definition) is 4. The first-order chi connectivity index (χ1) is 7.54. The minimum atomic E-state index is -0.154. The van der Waals surface area contributed by atoms with Gasteiger partial charge in [-0.2, -0.15) is 0 Å². The van der Waals surface area contributed by atoms with Crippen molar-refractivity contribution in [1.29, 1.82) is 0 Å². The summed E-state index contributed by atoms with van der Waals surface area (Å²) in [5, 5.41) is 1.68. The summed E-state index contributed by atoms with van der Waals surface area (Å²) in [6, 6.07) is 0. The summed E-state index contributed by atoms with van der Waals surface area (Å²) >= 11 is 0. The van der Waals surface area contributed by atoms with Gasteiger partial charge in [0.2, 0.25) is 0 Å². The van der Waals surface area contributed by atoms with E-state index in [4.69, 9.17) is 16.3 Å². The topological polar surface area (TPSA) is 64.5 Å². The maximum atomic E-state index is 6.08. The Balaban J connectivity index is 3.99. The molecular formula is C13H31N3O. The monoisotopic (exact) mass is 245 g/mol. The van der Waals surface area contributed by atoms with Gasteiger partial charge in [-0.3, -0.25) is 10.9 Å². The third-order valence-electron chi connectivity index (χ3n) is 3.03. The Kier molecular flexibility index (Phi) is 6.62. The van der Waals surface area contributed by atoms with Gasteiger partial charge in [0, 0.05) is 25.7 Å². The summed E-state index contributed by atoms with van der Waals surface area (Å²) in [6.07, 6.45) is 2.10. The zero-order chi connectivity index (χ0) is 13.7. The van der Waals surface area contributed by atoms with Crippen LogP contribution < -0.4 is 11.6 Å². The molecule has 4 N–H and O–H groups in total. The number of hydrazine groups is 1. The van der Waals surface area contributed by atoms with E-state index >= 15 is 0 Å². The van der Waals surface area contributed by atoms with Crippen molar-refractivity contribution < 1.29 is 4.74 Å². The molecule has 4 heteroatoms. The van der Waals surface area contributed by atoms with Gasteiger partial charge >= 0.3 is 0 Å². The number of nitrogens with two attached hydrogens (primary N) is 2. The first-order valence-corrected chi connectivity index (χ1v) is 6.41. The van der Waals surface area contributed by atoms with Crippen LogP contribution in [0.1, 0.15) is 47.5 Å². The lowest BCUT2D eigenvalue weighted by Gasteiger charge is -2.37. The largest absolute Gasteiger partial charge is 0.378 e. The predicted molar refractivity (Wildman–Crippen MR) is 73.5 cm³/mol. The van der Waals surface area contributed by atoms with Crippen LogP contribution in [0.15, 0.2) is 0 Å². The van der Waals surface area contributed by atoms with Crippen LogP contribution in [0.2, 0.25) is 0 Å². The molecule has 0 heterocycles. The molecule has 1 atom stereocenters. The van der Waals surface area contributed by atoms with Crippen molar-refractivity contribution in [3.05, 3.63) is 0 Å². The van der Waals surface area contributed by atoms with Crippen LogP contribution in [-0.2, 0) is 4.74 Å². The van der Waals surface area contributed by atoms with Gasteiger partial charge in [-0.1, -0.05) is 13.8 Å². The minimum Gasteiger partial charge on any atom is -0.378 e. The first-order valence-electron chi connectivity index (χ1n) is 6.41. The van der Waals surface area contributed by atoms with Crippen molar-refractivity contribution in [2.45, 2.75) is 59.1 Å². The van der Waals surface area contributed by atoms with Crippen molar-refractivity contribution in [2.75, 3.05) is 20.2 Å². The lowest BCUT2D eigenvalue weighted by atomic mass is 9.77. The Hall–Kier alpha value is -0.160. The van der Waals surface area contributed by atoms with E-state index in [0.29, 0.717) is 0 Å². The normalized spacial score (nSPS) is 15.4. The maximum Gasteiger partial charge on any atom is 0.0598 e. The molecule has 0 aromatic carbocycles. The highest BCUT2D eigenvalue weighted by atomic mass is 16.5. The summed E-state index contributed by atoms with van der Waals surface area (Å²) in [5.41, 5.74) is 6.01. The molecule has 0 rings (SSSR count). The molecule has 0 radical (unpaired) electrons. The third kappa shape index (κ3) is 8.55. The van der Waals surface area contributed by atoms with Crippen molar-refractivity contribution in [3.8, 4) is 0 Å². The van der Waals surface area contributed by atoms with Crippen LogP contribution in [0.4, 0.5) is 0 Å². The molecule has 0 aliphatic carbocycles. The quantitative estimate of drug-likeness (QED) is 0.388. The molecule has 0 spiro atoms. The van der Waals surface area contributed by atoms with Crippen molar-refractivity contribution in [1.82, 2.24) is 5.01 Å². The number of ether oxygens (including phenoxy) is 1. The Labute approximate surface area is 107 Å². The molecule has 0 aliphatic rings. The van der Waals surface area contributed by atoms with Crippen molar-refractivity contribution >= 4 is 0 Å². The van der Waals surface area contributed by atoms with Gasteiger partial charge in [0.15, 0.2) is 0 Å². The van der Waals surface area contributed by atoms with Gasteiger partial charge in [-0.05, 0) is 39.0 Å². The molecule has 0 saturated heterocycles. The molecule has 0 aromatic heterocycles. The molecule has 1 unspecified atom stereocenters. The smallest absolute Gasteiger partial charge is 0.0598 e. The highest BCUT2D eigenvalue weighted by Crippen LogP contribution is 2.31. The van der Waals surface area contributed by atoms with Gasteiger partial charge in [0.05, 0.1) is 6.10 Å². The molecule has 0 saturated carbocycles. The first kappa shape index (κ1) is 16.8. The van der Waals surface area contributed by atoms with Crippen LogP contribution in [0, 0.1) is 5.41 Å². The molecule has 17 heavy (non-hydrogen) atoms. The average molecular weight is 245 g/mol. The number of nitrogens with zero attached hydrogens (tertiary/aromatic N) is 1. The van der Waals surface area contributed by atoms with Gasteiger partial charge in [0.1, 0.15) is 0 Å². The Bertz CT molecular complexity index is 209. The van der Waals surface area contributed by atoms with E-state index in [-0.39, 0.29) is 17.1 Å². The van der Waals surface area contributed by atoms with E-state index in [2.05, 4.69) is 34.6 Å². The molecule has 4 nitrogen and oxygen atoms in total. The lowest BCUT2D eigenvalue weighted by molar-refractivity contribution is -0.0266. The van der Waals surface area contributed by atoms with Gasteiger partial charge < -0.3 is 10.5 Å². The second-order valence-electron chi connectivity index (χ2n) is 6.50. The zero-order valence-electron chi connectivity index (χ0n) is 12.4. The van der Waals surface area contributed by atoms with Gasteiger partial charge in [-0.15, -0.1) is 0 Å². The van der Waals surface area contributed by atoms with Crippen LogP contribution in [0.5, 0.6) is 0 Å². The van der Waals surface area contributed by atoms with E-state index in [9.17, 15) is 0 Å². The van der Waals surface area contributed by atoms with Crippen LogP contribution in [0.3, 0.4) is 0 Å².